The van der Waals surface area contributed by atoms with Crippen LogP contribution in [0.25, 0.3) is 0 Å². The van der Waals surface area contributed by atoms with Gasteiger partial charge in [-0.3, -0.25) is 4.79 Å². The summed E-state index contributed by atoms with van der Waals surface area (Å²) < 4.78 is 5.53. The average Bonchev–Trinajstić information content (AvgIpc) is 2.47. The summed E-state index contributed by atoms with van der Waals surface area (Å²) in [6.07, 6.45) is 1.45. The zero-order chi connectivity index (χ0) is 14.2. The number of carbonyl (C=O) groups excluding carboxylic acids is 1. The maximum atomic E-state index is 11.9. The van der Waals surface area contributed by atoms with E-state index in [1.807, 2.05) is 30.3 Å². The highest BCUT2D eigenvalue weighted by Gasteiger charge is 2.22. The molecule has 0 bridgehead atoms. The van der Waals surface area contributed by atoms with Crippen molar-refractivity contribution in [2.45, 2.75) is 32.4 Å². The van der Waals surface area contributed by atoms with Crippen LogP contribution in [0.5, 0.6) is 0 Å². The smallest absolute Gasteiger partial charge is 0.222 e. The first kappa shape index (κ1) is 15.0. The highest BCUT2D eigenvalue weighted by molar-refractivity contribution is 5.76. The Labute approximate surface area is 120 Å². The molecule has 4 heteroatoms. The summed E-state index contributed by atoms with van der Waals surface area (Å²) in [5.41, 5.74) is 1.14. The van der Waals surface area contributed by atoms with Crippen LogP contribution < -0.4 is 10.6 Å². The number of amides is 1. The Hall–Kier alpha value is -1.39. The van der Waals surface area contributed by atoms with Gasteiger partial charge in [-0.15, -0.1) is 0 Å². The molecule has 0 radical (unpaired) electrons. The molecule has 20 heavy (non-hydrogen) atoms. The van der Waals surface area contributed by atoms with E-state index in [0.29, 0.717) is 31.6 Å². The van der Waals surface area contributed by atoms with Crippen LogP contribution in [-0.2, 0) is 16.1 Å². The molecule has 1 amide bonds. The van der Waals surface area contributed by atoms with Gasteiger partial charge in [-0.1, -0.05) is 37.3 Å². The van der Waals surface area contributed by atoms with Crippen LogP contribution in [0.3, 0.4) is 0 Å². The minimum absolute atomic E-state index is 0.0943. The predicted octanol–water partition coefficient (Wildman–Crippen LogP) is 1.71. The fraction of sp³-hybridized carbons (Fsp3) is 0.562. The molecule has 1 aliphatic heterocycles. The SMILES string of the molecule is CC1CNCCC1NC(=O)CCOCc1ccccc1. The lowest BCUT2D eigenvalue weighted by Gasteiger charge is -2.30. The molecule has 1 fully saturated rings. The van der Waals surface area contributed by atoms with Gasteiger partial charge in [0, 0.05) is 12.5 Å². The minimum Gasteiger partial charge on any atom is -0.376 e. The summed E-state index contributed by atoms with van der Waals surface area (Å²) in [6, 6.07) is 10.3. The van der Waals surface area contributed by atoms with E-state index in [0.717, 1.165) is 25.1 Å². The molecule has 0 aromatic heterocycles. The molecular formula is C16H24N2O2. The Morgan fingerprint density at radius 1 is 1.40 bits per heavy atom. The third-order valence-electron chi connectivity index (χ3n) is 3.72. The first-order valence-electron chi connectivity index (χ1n) is 7.37. The van der Waals surface area contributed by atoms with Crippen molar-refractivity contribution < 1.29 is 9.53 Å². The van der Waals surface area contributed by atoms with Crippen molar-refractivity contribution in [3.8, 4) is 0 Å². The van der Waals surface area contributed by atoms with Gasteiger partial charge in [-0.05, 0) is 31.0 Å². The van der Waals surface area contributed by atoms with Crippen LogP contribution in [0.2, 0.25) is 0 Å². The minimum atomic E-state index is 0.0943. The Morgan fingerprint density at radius 2 is 2.20 bits per heavy atom. The van der Waals surface area contributed by atoms with Crippen molar-refractivity contribution in [3.05, 3.63) is 35.9 Å². The van der Waals surface area contributed by atoms with Gasteiger partial charge in [-0.25, -0.2) is 0 Å². The van der Waals surface area contributed by atoms with E-state index in [1.165, 1.54) is 0 Å². The maximum absolute atomic E-state index is 11.9. The summed E-state index contributed by atoms with van der Waals surface area (Å²) in [6.45, 7) is 5.18. The number of benzene rings is 1. The molecule has 0 aliphatic carbocycles. The Kier molecular flexibility index (Phi) is 6.02. The molecule has 2 unspecified atom stereocenters. The van der Waals surface area contributed by atoms with Gasteiger partial charge in [0.25, 0.3) is 0 Å². The lowest BCUT2D eigenvalue weighted by Crippen LogP contribution is -2.48. The molecule has 0 spiro atoms. The number of carbonyl (C=O) groups is 1. The van der Waals surface area contributed by atoms with Gasteiger partial charge in [0.05, 0.1) is 13.2 Å². The zero-order valence-electron chi connectivity index (χ0n) is 12.1. The maximum Gasteiger partial charge on any atom is 0.222 e. The average molecular weight is 276 g/mol. The molecule has 1 aromatic rings. The molecule has 4 nitrogen and oxygen atoms in total. The summed E-state index contributed by atoms with van der Waals surface area (Å²) in [5, 5.41) is 6.44. The number of rotatable bonds is 6. The second-order valence-corrected chi connectivity index (χ2v) is 5.43. The summed E-state index contributed by atoms with van der Waals surface area (Å²) in [5.74, 6) is 0.592. The Balaban J connectivity index is 1.60. The molecule has 2 N–H and O–H groups in total. The molecule has 0 saturated carbocycles. The second-order valence-electron chi connectivity index (χ2n) is 5.43. The third kappa shape index (κ3) is 4.94. The zero-order valence-corrected chi connectivity index (χ0v) is 12.1. The largest absolute Gasteiger partial charge is 0.376 e. The number of nitrogens with one attached hydrogen (secondary N) is 2. The number of piperidine rings is 1. The van der Waals surface area contributed by atoms with Crippen molar-refractivity contribution in [3.63, 3.8) is 0 Å². The quantitative estimate of drug-likeness (QED) is 0.778. The predicted molar refractivity (Wildman–Crippen MR) is 79.3 cm³/mol. The van der Waals surface area contributed by atoms with Crippen LogP contribution in [0.4, 0.5) is 0 Å². The van der Waals surface area contributed by atoms with Crippen LogP contribution in [0.1, 0.15) is 25.3 Å². The van der Waals surface area contributed by atoms with Crippen molar-refractivity contribution in [1.29, 1.82) is 0 Å². The van der Waals surface area contributed by atoms with Gasteiger partial charge in [0.1, 0.15) is 0 Å². The van der Waals surface area contributed by atoms with E-state index in [4.69, 9.17) is 4.74 Å². The number of hydrogen-bond donors (Lipinski definition) is 2. The normalized spacial score (nSPS) is 22.4. The Morgan fingerprint density at radius 3 is 2.95 bits per heavy atom. The molecule has 2 atom stereocenters. The monoisotopic (exact) mass is 276 g/mol. The lowest BCUT2D eigenvalue weighted by atomic mass is 9.95. The van der Waals surface area contributed by atoms with Crippen molar-refractivity contribution in [1.82, 2.24) is 10.6 Å². The summed E-state index contributed by atoms with van der Waals surface area (Å²) in [4.78, 5) is 11.9. The van der Waals surface area contributed by atoms with Gasteiger partial charge in [0.2, 0.25) is 5.91 Å². The summed E-state index contributed by atoms with van der Waals surface area (Å²) in [7, 11) is 0. The fourth-order valence-electron chi connectivity index (χ4n) is 2.44. The molecule has 1 heterocycles. The summed E-state index contributed by atoms with van der Waals surface area (Å²) >= 11 is 0. The van der Waals surface area contributed by atoms with Gasteiger partial charge < -0.3 is 15.4 Å². The third-order valence-corrected chi connectivity index (χ3v) is 3.72. The van der Waals surface area contributed by atoms with E-state index in [-0.39, 0.29) is 5.91 Å². The molecule has 1 aromatic carbocycles. The van der Waals surface area contributed by atoms with E-state index >= 15 is 0 Å². The van der Waals surface area contributed by atoms with E-state index in [9.17, 15) is 4.79 Å². The van der Waals surface area contributed by atoms with Crippen molar-refractivity contribution >= 4 is 5.91 Å². The first-order valence-corrected chi connectivity index (χ1v) is 7.37. The number of ether oxygens (including phenoxy) is 1. The topological polar surface area (TPSA) is 50.4 Å². The van der Waals surface area contributed by atoms with Crippen LogP contribution in [-0.4, -0.2) is 31.6 Å². The Bertz CT molecular complexity index is 408. The van der Waals surface area contributed by atoms with E-state index in [2.05, 4.69) is 17.6 Å². The standard InChI is InChI=1S/C16H24N2O2/c1-13-11-17-9-7-15(13)18-16(19)8-10-20-12-14-5-3-2-4-6-14/h2-6,13,15,17H,7-12H2,1H3,(H,18,19). The fourth-order valence-corrected chi connectivity index (χ4v) is 2.44. The van der Waals surface area contributed by atoms with Crippen LogP contribution in [0, 0.1) is 5.92 Å². The highest BCUT2D eigenvalue weighted by Crippen LogP contribution is 2.10. The molecule has 110 valence electrons. The van der Waals surface area contributed by atoms with E-state index < -0.39 is 0 Å². The van der Waals surface area contributed by atoms with Crippen LogP contribution in [0.15, 0.2) is 30.3 Å². The van der Waals surface area contributed by atoms with Gasteiger partial charge >= 0.3 is 0 Å². The molecular weight excluding hydrogens is 252 g/mol. The van der Waals surface area contributed by atoms with Crippen molar-refractivity contribution in [2.75, 3.05) is 19.7 Å². The molecule has 1 aliphatic rings. The highest BCUT2D eigenvalue weighted by atomic mass is 16.5. The van der Waals surface area contributed by atoms with E-state index in [1.54, 1.807) is 0 Å². The first-order chi connectivity index (χ1) is 9.75. The van der Waals surface area contributed by atoms with Crippen LogP contribution >= 0.6 is 0 Å². The van der Waals surface area contributed by atoms with Gasteiger partial charge in [-0.2, -0.15) is 0 Å². The second kappa shape index (κ2) is 8.02. The van der Waals surface area contributed by atoms with Crippen molar-refractivity contribution in [2.24, 2.45) is 5.92 Å². The molecule has 1 saturated heterocycles. The van der Waals surface area contributed by atoms with Gasteiger partial charge in [0.15, 0.2) is 0 Å². The number of hydrogen-bond acceptors (Lipinski definition) is 3. The molecule has 2 rings (SSSR count). The lowest BCUT2D eigenvalue weighted by molar-refractivity contribution is -0.123.